The van der Waals surface area contributed by atoms with Crippen LogP contribution in [0.15, 0.2) is 85.1 Å². The predicted molar refractivity (Wildman–Crippen MR) is 96.1 cm³/mol. The molecular formula is C21H14N2. The number of pyridine rings is 1. The molecule has 3 aromatic carbocycles. The van der Waals surface area contributed by atoms with Crippen molar-refractivity contribution in [3.05, 3.63) is 85.1 Å². The zero-order chi connectivity index (χ0) is 15.2. The molecule has 2 aromatic heterocycles. The van der Waals surface area contributed by atoms with Crippen LogP contribution in [0.3, 0.4) is 0 Å². The summed E-state index contributed by atoms with van der Waals surface area (Å²) in [4.78, 5) is 4.66. The molecule has 2 heterocycles. The van der Waals surface area contributed by atoms with E-state index >= 15 is 0 Å². The smallest absolute Gasteiger partial charge is 0.145 e. The first-order chi connectivity index (χ1) is 11.4. The minimum absolute atomic E-state index is 1.00. The highest BCUT2D eigenvalue weighted by molar-refractivity contribution is 6.20. The van der Waals surface area contributed by atoms with Crippen molar-refractivity contribution >= 4 is 32.7 Å². The number of rotatable bonds is 1. The van der Waals surface area contributed by atoms with Gasteiger partial charge in [-0.25, -0.2) is 4.98 Å². The van der Waals surface area contributed by atoms with Gasteiger partial charge in [0.05, 0.1) is 5.52 Å². The first-order valence-electron chi connectivity index (χ1n) is 7.76. The van der Waals surface area contributed by atoms with Crippen molar-refractivity contribution in [1.82, 2.24) is 9.55 Å². The second kappa shape index (κ2) is 4.68. The third-order valence-electron chi connectivity index (χ3n) is 4.43. The Labute approximate surface area is 133 Å². The van der Waals surface area contributed by atoms with E-state index in [2.05, 4.69) is 76.3 Å². The quantitative estimate of drug-likeness (QED) is 0.408. The molecule has 23 heavy (non-hydrogen) atoms. The maximum absolute atomic E-state index is 4.66. The first-order valence-corrected chi connectivity index (χ1v) is 7.76. The number of fused-ring (bicyclic) bond motifs is 5. The summed E-state index contributed by atoms with van der Waals surface area (Å²) in [5.41, 5.74) is 3.34. The maximum Gasteiger partial charge on any atom is 0.145 e. The number of nitrogens with zero attached hydrogens (tertiary/aromatic N) is 2. The first kappa shape index (κ1) is 12.4. The number of aromatic nitrogens is 2. The van der Waals surface area contributed by atoms with Crippen molar-refractivity contribution < 1.29 is 0 Å². The van der Waals surface area contributed by atoms with Crippen LogP contribution >= 0.6 is 0 Å². The topological polar surface area (TPSA) is 17.8 Å². The predicted octanol–water partition coefficient (Wildman–Crippen LogP) is 5.33. The zero-order valence-corrected chi connectivity index (χ0v) is 12.5. The van der Waals surface area contributed by atoms with E-state index in [1.54, 1.807) is 0 Å². The van der Waals surface area contributed by atoms with E-state index in [0.717, 1.165) is 11.3 Å². The molecule has 2 heteroatoms. The summed E-state index contributed by atoms with van der Waals surface area (Å²) in [5, 5.41) is 5.01. The van der Waals surface area contributed by atoms with Gasteiger partial charge in [-0.2, -0.15) is 0 Å². The van der Waals surface area contributed by atoms with Crippen LogP contribution in [-0.4, -0.2) is 9.55 Å². The summed E-state index contributed by atoms with van der Waals surface area (Å²) in [6.07, 6.45) is 1.86. The average molecular weight is 294 g/mol. The van der Waals surface area contributed by atoms with Gasteiger partial charge >= 0.3 is 0 Å². The summed E-state index contributed by atoms with van der Waals surface area (Å²) >= 11 is 0. The lowest BCUT2D eigenvalue weighted by Gasteiger charge is -2.07. The molecule has 0 saturated carbocycles. The maximum atomic E-state index is 4.66. The van der Waals surface area contributed by atoms with Crippen LogP contribution in [0.1, 0.15) is 0 Å². The molecule has 0 spiro atoms. The Morgan fingerprint density at radius 1 is 0.652 bits per heavy atom. The molecule has 2 nitrogen and oxygen atoms in total. The summed E-state index contributed by atoms with van der Waals surface area (Å²) in [6.45, 7) is 0. The number of hydrogen-bond acceptors (Lipinski definition) is 1. The molecule has 108 valence electrons. The Bertz CT molecular complexity index is 1150. The van der Waals surface area contributed by atoms with Gasteiger partial charge in [-0.05, 0) is 41.1 Å². The SMILES string of the molecule is c1ccc(-n2c3ccc4ccccc4c3c3cccnc32)cc1. The third-order valence-corrected chi connectivity index (χ3v) is 4.43. The van der Waals surface area contributed by atoms with E-state index < -0.39 is 0 Å². The zero-order valence-electron chi connectivity index (χ0n) is 12.5. The van der Waals surface area contributed by atoms with Gasteiger partial charge in [-0.1, -0.05) is 48.5 Å². The van der Waals surface area contributed by atoms with Crippen LogP contribution < -0.4 is 0 Å². The second-order valence-electron chi connectivity index (χ2n) is 5.73. The fraction of sp³-hybridized carbons (Fsp3) is 0. The Morgan fingerprint density at radius 3 is 2.35 bits per heavy atom. The minimum Gasteiger partial charge on any atom is -0.294 e. The van der Waals surface area contributed by atoms with E-state index in [1.807, 2.05) is 18.3 Å². The van der Waals surface area contributed by atoms with Crippen LogP contribution in [0.25, 0.3) is 38.4 Å². The molecule has 0 aliphatic heterocycles. The molecular weight excluding hydrogens is 280 g/mol. The Morgan fingerprint density at radius 2 is 1.43 bits per heavy atom. The molecule has 0 amide bonds. The van der Waals surface area contributed by atoms with Gasteiger partial charge in [0.25, 0.3) is 0 Å². The summed E-state index contributed by atoms with van der Waals surface area (Å²) in [5.74, 6) is 0. The number of benzene rings is 3. The molecule has 0 aliphatic carbocycles. The van der Waals surface area contributed by atoms with E-state index in [9.17, 15) is 0 Å². The molecule has 0 unspecified atom stereocenters. The van der Waals surface area contributed by atoms with Crippen LogP contribution in [-0.2, 0) is 0 Å². The van der Waals surface area contributed by atoms with Crippen LogP contribution in [0, 0.1) is 0 Å². The fourth-order valence-corrected chi connectivity index (χ4v) is 3.45. The van der Waals surface area contributed by atoms with Gasteiger partial charge in [0.15, 0.2) is 0 Å². The van der Waals surface area contributed by atoms with Gasteiger partial charge in [0.1, 0.15) is 5.65 Å². The molecule has 0 saturated heterocycles. The van der Waals surface area contributed by atoms with Gasteiger partial charge in [0, 0.05) is 22.7 Å². The van der Waals surface area contributed by atoms with Crippen molar-refractivity contribution in [2.45, 2.75) is 0 Å². The summed E-state index contributed by atoms with van der Waals surface area (Å²) < 4.78 is 2.25. The molecule has 0 bridgehead atoms. The van der Waals surface area contributed by atoms with E-state index in [1.165, 1.54) is 27.1 Å². The highest BCUT2D eigenvalue weighted by atomic mass is 15.0. The highest BCUT2D eigenvalue weighted by Crippen LogP contribution is 2.35. The van der Waals surface area contributed by atoms with Gasteiger partial charge < -0.3 is 0 Å². The lowest BCUT2D eigenvalue weighted by atomic mass is 10.0. The summed E-state index contributed by atoms with van der Waals surface area (Å²) in [7, 11) is 0. The van der Waals surface area contributed by atoms with Crippen LogP contribution in [0.4, 0.5) is 0 Å². The van der Waals surface area contributed by atoms with E-state index in [4.69, 9.17) is 0 Å². The molecule has 0 radical (unpaired) electrons. The average Bonchev–Trinajstić information content (AvgIpc) is 2.97. The van der Waals surface area contributed by atoms with Gasteiger partial charge in [-0.3, -0.25) is 4.57 Å². The molecule has 5 rings (SSSR count). The van der Waals surface area contributed by atoms with Crippen LogP contribution in [0.5, 0.6) is 0 Å². The Kier molecular flexibility index (Phi) is 2.53. The van der Waals surface area contributed by atoms with Crippen molar-refractivity contribution in [1.29, 1.82) is 0 Å². The molecule has 0 atom stereocenters. The minimum atomic E-state index is 1.00. The van der Waals surface area contributed by atoms with Crippen molar-refractivity contribution in [2.24, 2.45) is 0 Å². The Hall–Kier alpha value is -3.13. The second-order valence-corrected chi connectivity index (χ2v) is 5.73. The molecule has 0 N–H and O–H groups in total. The lowest BCUT2D eigenvalue weighted by molar-refractivity contribution is 1.14. The monoisotopic (exact) mass is 294 g/mol. The standard InChI is InChI=1S/C21H14N2/c1-2-8-16(9-3-1)23-19-13-12-15-7-4-5-10-17(15)20(19)18-11-6-14-22-21(18)23/h1-14H. The normalized spacial score (nSPS) is 11.5. The fourth-order valence-electron chi connectivity index (χ4n) is 3.45. The molecule has 0 aliphatic rings. The van der Waals surface area contributed by atoms with E-state index in [-0.39, 0.29) is 0 Å². The van der Waals surface area contributed by atoms with Crippen molar-refractivity contribution in [2.75, 3.05) is 0 Å². The van der Waals surface area contributed by atoms with Gasteiger partial charge in [-0.15, -0.1) is 0 Å². The third kappa shape index (κ3) is 1.72. The molecule has 0 fully saturated rings. The summed E-state index contributed by atoms with van der Waals surface area (Å²) in [6, 6.07) is 27.5. The van der Waals surface area contributed by atoms with Gasteiger partial charge in [0.2, 0.25) is 0 Å². The lowest BCUT2D eigenvalue weighted by Crippen LogP contribution is -1.94. The van der Waals surface area contributed by atoms with E-state index in [0.29, 0.717) is 0 Å². The van der Waals surface area contributed by atoms with Crippen molar-refractivity contribution in [3.63, 3.8) is 0 Å². The van der Waals surface area contributed by atoms with Crippen molar-refractivity contribution in [3.8, 4) is 5.69 Å². The largest absolute Gasteiger partial charge is 0.294 e. The number of hydrogen-bond donors (Lipinski definition) is 0. The highest BCUT2D eigenvalue weighted by Gasteiger charge is 2.14. The van der Waals surface area contributed by atoms with Crippen LogP contribution in [0.2, 0.25) is 0 Å². The Balaban J connectivity index is 2.07. The molecule has 5 aromatic rings. The number of para-hydroxylation sites is 1.